The second kappa shape index (κ2) is 9.34. The van der Waals surface area contributed by atoms with Gasteiger partial charge in [0.2, 0.25) is 5.43 Å². The number of nitrogens with zero attached hydrogens (tertiary/aromatic N) is 1. The maximum absolute atomic E-state index is 13.3. The van der Waals surface area contributed by atoms with Crippen molar-refractivity contribution in [1.29, 1.82) is 0 Å². The van der Waals surface area contributed by atoms with E-state index in [-0.39, 0.29) is 15.8 Å². The zero-order valence-corrected chi connectivity index (χ0v) is 18.8. The number of fused-ring (bicyclic) bond motifs is 1. The summed E-state index contributed by atoms with van der Waals surface area (Å²) in [6.45, 7) is 4.44. The largest absolute Gasteiger partial charge is 0.360 e. The fourth-order valence-electron chi connectivity index (χ4n) is 3.41. The molecule has 0 atom stereocenters. The molecular weight excluding hydrogens is 414 g/mol. The van der Waals surface area contributed by atoms with Crippen LogP contribution in [0.2, 0.25) is 0 Å². The van der Waals surface area contributed by atoms with Gasteiger partial charge in [-0.3, -0.25) is 13.9 Å². The van der Waals surface area contributed by atoms with Crippen molar-refractivity contribution in [3.8, 4) is 0 Å². The van der Waals surface area contributed by atoms with E-state index in [1.54, 1.807) is 18.2 Å². The van der Waals surface area contributed by atoms with Crippen LogP contribution in [0.25, 0.3) is 10.9 Å². The lowest BCUT2D eigenvalue weighted by Crippen LogP contribution is -2.30. The van der Waals surface area contributed by atoms with Crippen LogP contribution in [0.3, 0.4) is 0 Å². The number of aromatic nitrogens is 1. The van der Waals surface area contributed by atoms with Gasteiger partial charge in [-0.15, -0.1) is 0 Å². The van der Waals surface area contributed by atoms with Gasteiger partial charge in [-0.25, -0.2) is 8.42 Å². The molecule has 0 spiro atoms. The minimum atomic E-state index is -3.90. The third-order valence-electron chi connectivity index (χ3n) is 5.28. The van der Waals surface area contributed by atoms with E-state index in [2.05, 4.69) is 10.3 Å². The van der Waals surface area contributed by atoms with E-state index in [0.29, 0.717) is 24.2 Å². The molecule has 164 valence electrons. The number of unbranched alkanes of at least 4 members (excludes halogenated alkanes) is 1. The average molecular weight is 442 g/mol. The molecule has 1 aromatic heterocycles. The number of amides is 1. The van der Waals surface area contributed by atoms with E-state index in [0.717, 1.165) is 18.4 Å². The molecule has 0 fully saturated rings. The predicted octanol–water partition coefficient (Wildman–Crippen LogP) is 3.45. The van der Waals surface area contributed by atoms with E-state index in [4.69, 9.17) is 0 Å². The summed E-state index contributed by atoms with van der Waals surface area (Å²) in [6.07, 6.45) is 3.78. The molecule has 1 heterocycles. The van der Waals surface area contributed by atoms with Crippen molar-refractivity contribution in [3.63, 3.8) is 0 Å². The first-order chi connectivity index (χ1) is 14.8. The highest BCUT2D eigenvalue weighted by Crippen LogP contribution is 2.27. The maximum Gasteiger partial charge on any atom is 0.264 e. The highest BCUT2D eigenvalue weighted by atomic mass is 32.2. The molecule has 8 heteroatoms. The Morgan fingerprint density at radius 3 is 2.58 bits per heavy atom. The molecule has 31 heavy (non-hydrogen) atoms. The van der Waals surface area contributed by atoms with Gasteiger partial charge in [0.25, 0.3) is 15.9 Å². The lowest BCUT2D eigenvalue weighted by molar-refractivity contribution is 0.0952. The zero-order valence-electron chi connectivity index (χ0n) is 17.9. The van der Waals surface area contributed by atoms with Crippen LogP contribution in [0.4, 0.5) is 5.69 Å². The molecule has 7 nitrogen and oxygen atoms in total. The number of aryl methyl sites for hydroxylation is 1. The molecule has 0 saturated heterocycles. The number of nitrogens with one attached hydrogen (secondary N) is 2. The smallest absolute Gasteiger partial charge is 0.264 e. The van der Waals surface area contributed by atoms with Gasteiger partial charge in [0.05, 0.1) is 10.6 Å². The summed E-state index contributed by atoms with van der Waals surface area (Å²) in [7, 11) is -2.41. The number of carbonyl (C=O) groups excluding carboxylic acids is 1. The molecule has 1 amide bonds. The number of carbonyl (C=O) groups is 1. The molecule has 2 aromatic carbocycles. The fourth-order valence-corrected chi connectivity index (χ4v) is 4.67. The molecule has 0 bridgehead atoms. The monoisotopic (exact) mass is 441 g/mol. The highest BCUT2D eigenvalue weighted by Gasteiger charge is 2.24. The zero-order chi connectivity index (χ0) is 22.6. The second-order valence-corrected chi connectivity index (χ2v) is 9.27. The van der Waals surface area contributed by atoms with Crippen LogP contribution in [0.15, 0.2) is 58.4 Å². The summed E-state index contributed by atoms with van der Waals surface area (Å²) in [5, 5.41) is 2.87. The quantitative estimate of drug-likeness (QED) is 0.523. The second-order valence-electron chi connectivity index (χ2n) is 7.30. The van der Waals surface area contributed by atoms with E-state index in [1.807, 2.05) is 26.0 Å². The number of sulfonamides is 1. The van der Waals surface area contributed by atoms with Crippen LogP contribution >= 0.6 is 0 Å². The van der Waals surface area contributed by atoms with E-state index < -0.39 is 21.4 Å². The topological polar surface area (TPSA) is 99.3 Å². The van der Waals surface area contributed by atoms with Gasteiger partial charge in [0.1, 0.15) is 5.56 Å². The summed E-state index contributed by atoms with van der Waals surface area (Å²) in [5.74, 6) is -0.473. The van der Waals surface area contributed by atoms with Gasteiger partial charge < -0.3 is 10.3 Å². The van der Waals surface area contributed by atoms with Crippen molar-refractivity contribution in [2.75, 3.05) is 17.9 Å². The van der Waals surface area contributed by atoms with Gasteiger partial charge in [-0.2, -0.15) is 0 Å². The Bertz CT molecular complexity index is 1270. The van der Waals surface area contributed by atoms with Gasteiger partial charge in [-0.1, -0.05) is 38.5 Å². The summed E-state index contributed by atoms with van der Waals surface area (Å²) in [4.78, 5) is 28.2. The fraction of sp³-hybridized carbons (Fsp3) is 0.304. The van der Waals surface area contributed by atoms with E-state index in [9.17, 15) is 18.0 Å². The molecule has 0 unspecified atom stereocenters. The first-order valence-electron chi connectivity index (χ1n) is 10.3. The molecule has 0 aliphatic heterocycles. The van der Waals surface area contributed by atoms with Crippen LogP contribution < -0.4 is 15.1 Å². The normalized spacial score (nSPS) is 11.5. The third kappa shape index (κ3) is 4.49. The number of H-pyrrole nitrogens is 1. The predicted molar refractivity (Wildman–Crippen MR) is 123 cm³/mol. The van der Waals surface area contributed by atoms with Crippen molar-refractivity contribution in [2.24, 2.45) is 0 Å². The van der Waals surface area contributed by atoms with Gasteiger partial charge in [-0.05, 0) is 42.7 Å². The Morgan fingerprint density at radius 1 is 1.13 bits per heavy atom. The summed E-state index contributed by atoms with van der Waals surface area (Å²) in [5.41, 5.74) is 1.41. The Kier molecular flexibility index (Phi) is 6.80. The Hall–Kier alpha value is -3.13. The molecule has 3 rings (SSSR count). The van der Waals surface area contributed by atoms with Crippen LogP contribution in [-0.2, 0) is 16.4 Å². The van der Waals surface area contributed by atoms with E-state index >= 15 is 0 Å². The molecule has 0 saturated carbocycles. The Labute approximate surface area is 182 Å². The summed E-state index contributed by atoms with van der Waals surface area (Å²) < 4.78 is 27.8. The standard InChI is InChI=1S/C23H27N3O4S/c1-4-6-13-24-23(28)19-15-25-20-12-11-17(14-18(20)22(19)27)31(29,30)26(3)21-10-8-7-9-16(21)5-2/h7-12,14-15H,4-6,13H2,1-3H3,(H,24,28)(H,25,27). The first-order valence-corrected chi connectivity index (χ1v) is 11.8. The minimum Gasteiger partial charge on any atom is -0.360 e. The SMILES string of the molecule is CCCCNC(=O)c1c[nH]c2ccc(S(=O)(=O)N(C)c3ccccc3CC)cc2c1=O. The number of pyridine rings is 1. The van der Waals surface area contributed by atoms with Gasteiger partial charge >= 0.3 is 0 Å². The van der Waals surface area contributed by atoms with Crippen LogP contribution in [0.5, 0.6) is 0 Å². The molecule has 0 aliphatic carbocycles. The van der Waals surface area contributed by atoms with Crippen LogP contribution in [0, 0.1) is 0 Å². The third-order valence-corrected chi connectivity index (χ3v) is 7.05. The number of aromatic amines is 1. The highest BCUT2D eigenvalue weighted by molar-refractivity contribution is 7.92. The maximum atomic E-state index is 13.3. The number of rotatable bonds is 8. The van der Waals surface area contributed by atoms with Gasteiger partial charge in [0.15, 0.2) is 0 Å². The summed E-state index contributed by atoms with van der Waals surface area (Å²) in [6, 6.07) is 11.6. The summed E-state index contributed by atoms with van der Waals surface area (Å²) >= 11 is 0. The molecule has 0 aliphatic rings. The first kappa shape index (κ1) is 22.6. The number of anilines is 1. The number of hydrogen-bond donors (Lipinski definition) is 2. The number of benzene rings is 2. The lowest BCUT2D eigenvalue weighted by atomic mass is 10.1. The Morgan fingerprint density at radius 2 is 1.87 bits per heavy atom. The van der Waals surface area contributed by atoms with E-state index in [1.165, 1.54) is 29.7 Å². The van der Waals surface area contributed by atoms with Crippen molar-refractivity contribution in [1.82, 2.24) is 10.3 Å². The lowest BCUT2D eigenvalue weighted by Gasteiger charge is -2.22. The van der Waals surface area contributed by atoms with Crippen LogP contribution in [0.1, 0.15) is 42.6 Å². The van der Waals surface area contributed by atoms with Crippen molar-refractivity contribution < 1.29 is 13.2 Å². The van der Waals surface area contributed by atoms with Crippen molar-refractivity contribution in [3.05, 3.63) is 70.0 Å². The molecule has 3 aromatic rings. The van der Waals surface area contributed by atoms with Crippen LogP contribution in [-0.4, -0.2) is 32.9 Å². The number of para-hydroxylation sites is 1. The van der Waals surface area contributed by atoms with Crippen molar-refractivity contribution >= 4 is 32.5 Å². The van der Waals surface area contributed by atoms with Crippen molar-refractivity contribution in [2.45, 2.75) is 38.0 Å². The number of hydrogen-bond acceptors (Lipinski definition) is 4. The van der Waals surface area contributed by atoms with Gasteiger partial charge in [0, 0.05) is 30.7 Å². The minimum absolute atomic E-state index is 0.0116. The molecule has 2 N–H and O–H groups in total. The average Bonchev–Trinajstić information content (AvgIpc) is 2.78. The molecule has 0 radical (unpaired) electrons. The Balaban J connectivity index is 2.03. The molecular formula is C23H27N3O4S.